The van der Waals surface area contributed by atoms with Crippen LogP contribution in [0.4, 0.5) is 0 Å². The lowest BCUT2D eigenvalue weighted by Gasteiger charge is -2.09. The number of benzene rings is 1. The maximum Gasteiger partial charge on any atom is 0.297 e. The normalized spacial score (nSPS) is 11.9. The van der Waals surface area contributed by atoms with Crippen LogP contribution in [0.3, 0.4) is 0 Å². The van der Waals surface area contributed by atoms with Crippen molar-refractivity contribution in [3.8, 4) is 0 Å². The Morgan fingerprint density at radius 2 is 0.600 bits per heavy atom. The fraction of sp³-hybridized carbons (Fsp3) is 0.818. The van der Waals surface area contributed by atoms with Gasteiger partial charge in [-0.3, -0.25) is 4.18 Å². The summed E-state index contributed by atoms with van der Waals surface area (Å²) < 4.78 is 94.1. The van der Waals surface area contributed by atoms with Crippen LogP contribution >= 0.6 is 0 Å². The van der Waals surface area contributed by atoms with E-state index in [-0.39, 0.29) is 18.1 Å². The summed E-state index contributed by atoms with van der Waals surface area (Å²) in [6, 6.07) is 6.48. The first-order valence-electron chi connectivity index (χ1n) is 17.2. The standard InChI is InChI=1S/C33H61NO15S/c1-32-2-4-33(5-3-32)50(35,36)49-31-30-48-29-28-47-27-26-46-25-24-45-23-22-44-21-20-43-19-18-42-17-16-41-15-14-40-13-12-39-11-10-38-9-8-37-7-6-34/h2-5H,6-31,34H2,1H3. The van der Waals surface area contributed by atoms with E-state index in [0.717, 1.165) is 5.56 Å². The predicted octanol–water partition coefficient (Wildman–Crippen LogP) is 0.858. The van der Waals surface area contributed by atoms with Crippen LogP contribution in [0.15, 0.2) is 29.2 Å². The molecule has 294 valence electrons. The summed E-state index contributed by atoms with van der Waals surface area (Å²) in [7, 11) is -3.78. The van der Waals surface area contributed by atoms with Crippen molar-refractivity contribution in [2.24, 2.45) is 5.73 Å². The van der Waals surface area contributed by atoms with Crippen LogP contribution in [0.1, 0.15) is 5.56 Å². The lowest BCUT2D eigenvalue weighted by Crippen LogP contribution is -2.16. The Morgan fingerprint density at radius 1 is 0.380 bits per heavy atom. The third kappa shape index (κ3) is 31.4. The molecule has 50 heavy (non-hydrogen) atoms. The number of aryl methyl sites for hydroxylation is 1. The van der Waals surface area contributed by atoms with Gasteiger partial charge >= 0.3 is 0 Å². The molecule has 1 aromatic rings. The number of rotatable bonds is 40. The first-order valence-corrected chi connectivity index (χ1v) is 18.6. The molecule has 0 bridgehead atoms. The highest BCUT2D eigenvalue weighted by Crippen LogP contribution is 2.12. The minimum Gasteiger partial charge on any atom is -0.378 e. The van der Waals surface area contributed by atoms with Gasteiger partial charge in [-0.05, 0) is 19.1 Å². The van der Waals surface area contributed by atoms with Gasteiger partial charge in [0.1, 0.15) is 0 Å². The lowest BCUT2D eigenvalue weighted by atomic mass is 10.2. The highest BCUT2D eigenvalue weighted by Gasteiger charge is 2.14. The molecule has 0 saturated carbocycles. The van der Waals surface area contributed by atoms with Crippen molar-refractivity contribution in [3.05, 3.63) is 29.8 Å². The van der Waals surface area contributed by atoms with Gasteiger partial charge in [0.15, 0.2) is 0 Å². The zero-order chi connectivity index (χ0) is 36.1. The summed E-state index contributed by atoms with van der Waals surface area (Å²) in [4.78, 5) is 0.126. The SMILES string of the molecule is Cc1ccc(S(=O)(=O)OCCOCCOCCOCCOCCOCCOCCOCCOCCOCCOCCOCCOCCN)cc1. The van der Waals surface area contributed by atoms with Crippen LogP contribution in [0.5, 0.6) is 0 Å². The monoisotopic (exact) mass is 743 g/mol. The van der Waals surface area contributed by atoms with Gasteiger partial charge in [0.25, 0.3) is 10.1 Å². The molecule has 0 spiro atoms. The third-order valence-electron chi connectivity index (χ3n) is 6.13. The van der Waals surface area contributed by atoms with Crippen LogP contribution in [-0.4, -0.2) is 180 Å². The summed E-state index contributed by atoms with van der Waals surface area (Å²) in [5, 5.41) is 0. The second-order valence-electron chi connectivity index (χ2n) is 10.2. The molecule has 0 aliphatic carbocycles. The van der Waals surface area contributed by atoms with Crippen LogP contribution in [0, 0.1) is 6.92 Å². The molecule has 0 saturated heterocycles. The van der Waals surface area contributed by atoms with Crippen molar-refractivity contribution >= 4 is 10.1 Å². The highest BCUT2D eigenvalue weighted by atomic mass is 32.2. The minimum absolute atomic E-state index is 0.0615. The minimum atomic E-state index is -3.78. The van der Waals surface area contributed by atoms with Gasteiger partial charge in [-0.2, -0.15) is 8.42 Å². The van der Waals surface area contributed by atoms with Crippen molar-refractivity contribution < 1.29 is 69.4 Å². The molecule has 0 aromatic heterocycles. The number of hydrogen-bond acceptors (Lipinski definition) is 16. The van der Waals surface area contributed by atoms with E-state index in [1.54, 1.807) is 12.1 Å². The van der Waals surface area contributed by atoms with Crippen LogP contribution in [0.2, 0.25) is 0 Å². The smallest absolute Gasteiger partial charge is 0.297 e. The van der Waals surface area contributed by atoms with Crippen molar-refractivity contribution in [3.63, 3.8) is 0 Å². The van der Waals surface area contributed by atoms with Gasteiger partial charge in [0.05, 0.1) is 170 Å². The first kappa shape index (κ1) is 46.6. The maximum absolute atomic E-state index is 12.1. The van der Waals surface area contributed by atoms with E-state index in [2.05, 4.69) is 0 Å². The zero-order valence-corrected chi connectivity index (χ0v) is 30.6. The molecule has 16 nitrogen and oxygen atoms in total. The Kier molecular flexibility index (Phi) is 33.6. The molecule has 2 N–H and O–H groups in total. The molecule has 0 aliphatic rings. The Hall–Kier alpha value is -1.39. The maximum atomic E-state index is 12.1. The lowest BCUT2D eigenvalue weighted by molar-refractivity contribution is -0.0284. The van der Waals surface area contributed by atoms with E-state index < -0.39 is 10.1 Å². The summed E-state index contributed by atoms with van der Waals surface area (Å²) in [5.74, 6) is 0. The fourth-order valence-corrected chi connectivity index (χ4v) is 4.47. The Balaban J connectivity index is 1.66. The molecule has 0 radical (unpaired) electrons. The van der Waals surface area contributed by atoms with Crippen molar-refractivity contribution in [1.82, 2.24) is 0 Å². The highest BCUT2D eigenvalue weighted by molar-refractivity contribution is 7.86. The summed E-state index contributed by atoms with van der Waals surface area (Å²) in [5.41, 5.74) is 6.30. The molecule has 0 unspecified atom stereocenters. The van der Waals surface area contributed by atoms with Gasteiger partial charge < -0.3 is 62.6 Å². The van der Waals surface area contributed by atoms with Crippen LogP contribution in [0.25, 0.3) is 0 Å². The van der Waals surface area contributed by atoms with E-state index in [1.807, 2.05) is 6.92 Å². The average molecular weight is 744 g/mol. The topological polar surface area (TPSA) is 180 Å². The zero-order valence-electron chi connectivity index (χ0n) is 29.8. The second kappa shape index (κ2) is 36.0. The van der Waals surface area contributed by atoms with Gasteiger partial charge in [-0.1, -0.05) is 17.7 Å². The van der Waals surface area contributed by atoms with Crippen molar-refractivity contribution in [2.45, 2.75) is 11.8 Å². The van der Waals surface area contributed by atoms with E-state index in [1.165, 1.54) is 12.1 Å². The fourth-order valence-electron chi connectivity index (χ4n) is 3.58. The van der Waals surface area contributed by atoms with E-state index >= 15 is 0 Å². The second-order valence-corrected chi connectivity index (χ2v) is 11.8. The third-order valence-corrected chi connectivity index (χ3v) is 7.46. The quantitative estimate of drug-likeness (QED) is 0.0738. The first-order chi connectivity index (χ1) is 24.6. The molecule has 1 rings (SSSR count). The van der Waals surface area contributed by atoms with E-state index in [4.69, 9.17) is 66.8 Å². The summed E-state index contributed by atoms with van der Waals surface area (Å²) in [6.45, 7) is 13.5. The molecule has 17 heteroatoms. The molecular formula is C33H61NO15S. The van der Waals surface area contributed by atoms with Crippen LogP contribution in [-0.2, 0) is 71.1 Å². The molecular weight excluding hydrogens is 682 g/mol. The molecule has 0 atom stereocenters. The average Bonchev–Trinajstić information content (AvgIpc) is 3.11. The van der Waals surface area contributed by atoms with E-state index in [9.17, 15) is 8.42 Å². The van der Waals surface area contributed by atoms with Gasteiger partial charge in [0, 0.05) is 6.54 Å². The van der Waals surface area contributed by atoms with Crippen LogP contribution < -0.4 is 5.73 Å². The number of ether oxygens (including phenoxy) is 12. The Morgan fingerprint density at radius 3 is 0.840 bits per heavy atom. The molecule has 0 fully saturated rings. The van der Waals surface area contributed by atoms with Gasteiger partial charge in [0.2, 0.25) is 0 Å². The summed E-state index contributed by atoms with van der Waals surface area (Å²) in [6.07, 6.45) is 0. The molecule has 1 aromatic carbocycles. The van der Waals surface area contributed by atoms with Crippen molar-refractivity contribution in [2.75, 3.05) is 172 Å². The largest absolute Gasteiger partial charge is 0.378 e. The number of hydrogen-bond donors (Lipinski definition) is 1. The molecule has 0 heterocycles. The van der Waals surface area contributed by atoms with E-state index in [0.29, 0.717) is 159 Å². The van der Waals surface area contributed by atoms with Crippen molar-refractivity contribution in [1.29, 1.82) is 0 Å². The van der Waals surface area contributed by atoms with Gasteiger partial charge in [-0.25, -0.2) is 0 Å². The Bertz CT molecular complexity index is 944. The molecule has 0 amide bonds. The summed E-state index contributed by atoms with van der Waals surface area (Å²) >= 11 is 0. The Labute approximate surface area is 298 Å². The predicted molar refractivity (Wildman–Crippen MR) is 183 cm³/mol. The molecule has 0 aliphatic heterocycles. The van der Waals surface area contributed by atoms with Gasteiger partial charge in [-0.15, -0.1) is 0 Å². The number of nitrogens with two attached hydrogens (primary N) is 1.